The summed E-state index contributed by atoms with van der Waals surface area (Å²) in [5.74, 6) is 10.1. The van der Waals surface area contributed by atoms with E-state index in [4.69, 9.17) is 23.2 Å². The summed E-state index contributed by atoms with van der Waals surface area (Å²) in [6.07, 6.45) is 0. The SMILES string of the molecule is NC(=O)N(N)c1ccc(N(N)C(N)=O)c2c1C(=O)c1ccccc1C2=O. The van der Waals surface area contributed by atoms with Gasteiger partial charge in [0.25, 0.3) is 0 Å². The second-order valence-corrected chi connectivity index (χ2v) is 5.47. The molecule has 0 atom stereocenters. The molecule has 1 aliphatic carbocycles. The third kappa shape index (κ3) is 2.37. The molecule has 0 saturated heterocycles. The molecule has 0 spiro atoms. The number of primary amides is 2. The highest BCUT2D eigenvalue weighted by Gasteiger charge is 2.36. The highest BCUT2D eigenvalue weighted by molar-refractivity contribution is 6.32. The number of benzene rings is 2. The summed E-state index contributed by atoms with van der Waals surface area (Å²) >= 11 is 0. The van der Waals surface area contributed by atoms with Gasteiger partial charge in [0.05, 0.1) is 22.5 Å². The molecule has 132 valence electrons. The maximum Gasteiger partial charge on any atom is 0.333 e. The van der Waals surface area contributed by atoms with Crippen LogP contribution in [0.15, 0.2) is 36.4 Å². The molecule has 3 rings (SSSR count). The number of hydrogen-bond acceptors (Lipinski definition) is 6. The van der Waals surface area contributed by atoms with Gasteiger partial charge < -0.3 is 11.5 Å². The Balaban J connectivity index is 2.38. The van der Waals surface area contributed by atoms with E-state index >= 15 is 0 Å². The maximum atomic E-state index is 13.0. The molecule has 2 aromatic carbocycles. The first-order valence-electron chi connectivity index (χ1n) is 7.29. The number of hydrazine groups is 2. The number of carbonyl (C=O) groups excluding carboxylic acids is 4. The van der Waals surface area contributed by atoms with E-state index < -0.39 is 23.6 Å². The molecule has 10 nitrogen and oxygen atoms in total. The minimum atomic E-state index is -1.04. The number of nitrogens with zero attached hydrogens (tertiary/aromatic N) is 2. The van der Waals surface area contributed by atoms with E-state index in [2.05, 4.69) is 0 Å². The average molecular weight is 354 g/mol. The molecule has 0 aliphatic heterocycles. The minimum Gasteiger partial charge on any atom is -0.350 e. The normalized spacial score (nSPS) is 12.2. The molecule has 0 radical (unpaired) electrons. The van der Waals surface area contributed by atoms with Crippen molar-refractivity contribution in [2.45, 2.75) is 0 Å². The topological polar surface area (TPSA) is 179 Å². The van der Waals surface area contributed by atoms with E-state index in [1.807, 2.05) is 0 Å². The Labute approximate surface area is 146 Å². The van der Waals surface area contributed by atoms with Crippen molar-refractivity contribution in [1.82, 2.24) is 0 Å². The zero-order valence-electron chi connectivity index (χ0n) is 13.3. The molecule has 0 heterocycles. The fourth-order valence-corrected chi connectivity index (χ4v) is 2.83. The standard InChI is InChI=1S/C16H14N6O4/c17-15(25)21(19)9-5-6-10(22(20)16(18)26)12-11(9)13(23)7-3-1-2-4-8(7)14(12)24/h1-6H,19-20H2,(H2,17,25)(H2,18,26). The molecular formula is C16H14N6O4. The molecule has 4 amide bonds. The largest absolute Gasteiger partial charge is 0.350 e. The monoisotopic (exact) mass is 354 g/mol. The molecule has 26 heavy (non-hydrogen) atoms. The van der Waals surface area contributed by atoms with Crippen LogP contribution in [0.4, 0.5) is 21.0 Å². The third-order valence-corrected chi connectivity index (χ3v) is 4.03. The predicted octanol–water partition coefficient (Wildman–Crippen LogP) is -0.0204. The van der Waals surface area contributed by atoms with E-state index in [0.717, 1.165) is 0 Å². The molecule has 0 saturated carbocycles. The van der Waals surface area contributed by atoms with Crippen LogP contribution in [0.25, 0.3) is 0 Å². The Bertz CT molecular complexity index is 909. The lowest BCUT2D eigenvalue weighted by atomic mass is 9.82. The Morgan fingerprint density at radius 2 is 1.04 bits per heavy atom. The van der Waals surface area contributed by atoms with E-state index in [0.29, 0.717) is 10.0 Å². The summed E-state index contributed by atoms with van der Waals surface area (Å²) < 4.78 is 0. The first-order chi connectivity index (χ1) is 12.3. The summed E-state index contributed by atoms with van der Waals surface area (Å²) in [5.41, 5.74) is 10.0. The van der Waals surface area contributed by atoms with Gasteiger partial charge in [-0.15, -0.1) is 0 Å². The van der Waals surface area contributed by atoms with Crippen molar-refractivity contribution in [3.8, 4) is 0 Å². The zero-order valence-corrected chi connectivity index (χ0v) is 13.3. The highest BCUT2D eigenvalue weighted by atomic mass is 16.2. The Hall–Kier alpha value is -3.76. The van der Waals surface area contributed by atoms with Gasteiger partial charge in [-0.05, 0) is 12.1 Å². The van der Waals surface area contributed by atoms with Crippen LogP contribution in [0, 0.1) is 0 Å². The van der Waals surface area contributed by atoms with Crippen molar-refractivity contribution in [2.24, 2.45) is 23.2 Å². The van der Waals surface area contributed by atoms with Gasteiger partial charge in [0.15, 0.2) is 11.6 Å². The molecule has 1 aliphatic rings. The highest BCUT2D eigenvalue weighted by Crippen LogP contribution is 2.38. The number of urea groups is 2. The Morgan fingerprint density at radius 1 is 0.692 bits per heavy atom. The van der Waals surface area contributed by atoms with Crippen molar-refractivity contribution in [1.29, 1.82) is 0 Å². The summed E-state index contributed by atoms with van der Waals surface area (Å²) in [7, 11) is 0. The van der Waals surface area contributed by atoms with Gasteiger partial charge in [-0.3, -0.25) is 9.59 Å². The Kier molecular flexibility index (Phi) is 3.91. The van der Waals surface area contributed by atoms with Crippen LogP contribution in [0.1, 0.15) is 31.8 Å². The lowest BCUT2D eigenvalue weighted by Crippen LogP contribution is -2.45. The zero-order chi connectivity index (χ0) is 19.2. The maximum absolute atomic E-state index is 13.0. The van der Waals surface area contributed by atoms with Crippen LogP contribution in [-0.2, 0) is 0 Å². The van der Waals surface area contributed by atoms with Crippen LogP contribution >= 0.6 is 0 Å². The number of carbonyl (C=O) groups is 4. The van der Waals surface area contributed by atoms with Crippen molar-refractivity contribution < 1.29 is 19.2 Å². The molecule has 10 heteroatoms. The fraction of sp³-hybridized carbons (Fsp3) is 0. The van der Waals surface area contributed by atoms with Gasteiger partial charge in [0.1, 0.15) is 0 Å². The van der Waals surface area contributed by atoms with E-state index in [1.165, 1.54) is 24.3 Å². The summed E-state index contributed by atoms with van der Waals surface area (Å²) in [5, 5.41) is 1.07. The smallest absolute Gasteiger partial charge is 0.333 e. The Morgan fingerprint density at radius 3 is 1.35 bits per heavy atom. The average Bonchev–Trinajstić information content (AvgIpc) is 2.63. The number of nitrogens with two attached hydrogens (primary N) is 4. The molecule has 8 N–H and O–H groups in total. The lowest BCUT2D eigenvalue weighted by Gasteiger charge is -2.27. The molecule has 0 aromatic heterocycles. The van der Waals surface area contributed by atoms with Crippen LogP contribution in [0.3, 0.4) is 0 Å². The fourth-order valence-electron chi connectivity index (χ4n) is 2.83. The van der Waals surface area contributed by atoms with Crippen molar-refractivity contribution in [3.05, 3.63) is 58.7 Å². The van der Waals surface area contributed by atoms with Crippen molar-refractivity contribution in [2.75, 3.05) is 10.0 Å². The summed E-state index contributed by atoms with van der Waals surface area (Å²) in [6, 6.07) is 6.53. The van der Waals surface area contributed by atoms with Crippen LogP contribution in [-0.4, -0.2) is 23.6 Å². The van der Waals surface area contributed by atoms with E-state index in [-0.39, 0.29) is 33.6 Å². The third-order valence-electron chi connectivity index (χ3n) is 4.03. The first kappa shape index (κ1) is 17.1. The molecule has 2 aromatic rings. The molecule has 0 unspecified atom stereocenters. The van der Waals surface area contributed by atoms with Crippen LogP contribution in [0.5, 0.6) is 0 Å². The molecular weight excluding hydrogens is 340 g/mol. The van der Waals surface area contributed by atoms with Crippen LogP contribution < -0.4 is 33.2 Å². The number of hydrogen-bond donors (Lipinski definition) is 4. The number of fused-ring (bicyclic) bond motifs is 2. The second kappa shape index (κ2) is 5.95. The van der Waals surface area contributed by atoms with Crippen LogP contribution in [0.2, 0.25) is 0 Å². The summed E-state index contributed by atoms with van der Waals surface area (Å²) in [4.78, 5) is 48.9. The van der Waals surface area contributed by atoms with Gasteiger partial charge >= 0.3 is 12.1 Å². The van der Waals surface area contributed by atoms with Gasteiger partial charge in [-0.2, -0.15) is 0 Å². The van der Waals surface area contributed by atoms with E-state index in [1.54, 1.807) is 12.1 Å². The van der Waals surface area contributed by atoms with Gasteiger partial charge in [-0.25, -0.2) is 31.3 Å². The van der Waals surface area contributed by atoms with Gasteiger partial charge in [0.2, 0.25) is 0 Å². The minimum absolute atomic E-state index is 0.0954. The van der Waals surface area contributed by atoms with Crippen molar-refractivity contribution in [3.63, 3.8) is 0 Å². The lowest BCUT2D eigenvalue weighted by molar-refractivity contribution is 0.0980. The second-order valence-electron chi connectivity index (χ2n) is 5.47. The van der Waals surface area contributed by atoms with Gasteiger partial charge in [0, 0.05) is 11.1 Å². The number of anilines is 2. The summed E-state index contributed by atoms with van der Waals surface area (Å²) in [6.45, 7) is 0. The van der Waals surface area contributed by atoms with Gasteiger partial charge in [-0.1, -0.05) is 24.3 Å². The number of rotatable bonds is 2. The quantitative estimate of drug-likeness (QED) is 0.285. The van der Waals surface area contributed by atoms with E-state index in [9.17, 15) is 19.2 Å². The van der Waals surface area contributed by atoms with Crippen molar-refractivity contribution >= 4 is 35.0 Å². The molecule has 0 bridgehead atoms. The molecule has 0 fully saturated rings. The predicted molar refractivity (Wildman–Crippen MR) is 92.2 cm³/mol. The number of amides is 4. The number of ketones is 2. The first-order valence-corrected chi connectivity index (χ1v) is 7.29.